The normalized spacial score (nSPS) is 12.3. The van der Waals surface area contributed by atoms with Gasteiger partial charge in [-0.25, -0.2) is 0 Å². The van der Waals surface area contributed by atoms with Crippen molar-refractivity contribution < 1.29 is 9.90 Å². The van der Waals surface area contributed by atoms with E-state index in [9.17, 15) is 4.79 Å². The summed E-state index contributed by atoms with van der Waals surface area (Å²) in [7, 11) is 0. The molecule has 0 amide bonds. The van der Waals surface area contributed by atoms with Crippen LogP contribution in [0.1, 0.15) is 5.56 Å². The molecule has 88 valence electrons. The van der Waals surface area contributed by atoms with E-state index in [1.165, 1.54) is 5.56 Å². The molecule has 1 aromatic carbocycles. The Morgan fingerprint density at radius 3 is 2.62 bits per heavy atom. The van der Waals surface area contributed by atoms with Crippen LogP contribution in [-0.2, 0) is 10.5 Å². The molecule has 0 aliphatic heterocycles. The average molecular weight is 257 g/mol. The highest BCUT2D eigenvalue weighted by molar-refractivity contribution is 8.15. The summed E-state index contributed by atoms with van der Waals surface area (Å²) in [5, 5.41) is 9.44. The number of aliphatic carboxylic acids is 1. The Kier molecular flexibility index (Phi) is 6.37. The third-order valence-electron chi connectivity index (χ3n) is 1.89. The van der Waals surface area contributed by atoms with Crippen LogP contribution in [0.3, 0.4) is 0 Å². The van der Waals surface area contributed by atoms with Crippen molar-refractivity contribution >= 4 is 29.5 Å². The Morgan fingerprint density at radius 1 is 1.31 bits per heavy atom. The van der Waals surface area contributed by atoms with E-state index < -0.39 is 12.0 Å². The van der Waals surface area contributed by atoms with E-state index in [0.717, 1.165) is 10.8 Å². The minimum atomic E-state index is -0.930. The molecule has 16 heavy (non-hydrogen) atoms. The average Bonchev–Trinajstić information content (AvgIpc) is 2.29. The minimum absolute atomic E-state index is 0.469. The second-order valence-electron chi connectivity index (χ2n) is 3.27. The summed E-state index contributed by atoms with van der Waals surface area (Å²) in [5.74, 6) is 0.494. The molecule has 3 N–H and O–H groups in total. The first-order chi connectivity index (χ1) is 7.70. The Labute approximate surface area is 104 Å². The van der Waals surface area contributed by atoms with Crippen molar-refractivity contribution in [3.8, 4) is 0 Å². The molecule has 5 heteroatoms. The highest BCUT2D eigenvalue weighted by Crippen LogP contribution is 2.17. The molecule has 0 fully saturated rings. The van der Waals surface area contributed by atoms with Gasteiger partial charge in [0.1, 0.15) is 6.04 Å². The molecule has 0 aliphatic rings. The van der Waals surface area contributed by atoms with Gasteiger partial charge in [-0.3, -0.25) is 4.79 Å². The molecule has 1 atom stereocenters. The van der Waals surface area contributed by atoms with Crippen LogP contribution in [0.15, 0.2) is 30.3 Å². The number of nitrogens with two attached hydrogens (primary N) is 1. The van der Waals surface area contributed by atoms with Crippen molar-refractivity contribution in [2.24, 2.45) is 5.73 Å². The van der Waals surface area contributed by atoms with Crippen LogP contribution in [0.5, 0.6) is 0 Å². The van der Waals surface area contributed by atoms with Gasteiger partial charge >= 0.3 is 5.97 Å². The zero-order valence-corrected chi connectivity index (χ0v) is 10.5. The van der Waals surface area contributed by atoms with Crippen molar-refractivity contribution in [1.29, 1.82) is 0 Å². The Hall–Kier alpha value is -0.650. The Bertz CT molecular complexity index is 319. The quantitative estimate of drug-likeness (QED) is 0.578. The third-order valence-corrected chi connectivity index (χ3v) is 4.36. The fourth-order valence-corrected chi connectivity index (χ4v) is 3.05. The summed E-state index contributed by atoms with van der Waals surface area (Å²) < 4.78 is 0. The fourth-order valence-electron chi connectivity index (χ4n) is 1.04. The molecule has 0 heterocycles. The molecule has 0 radical (unpaired) electrons. The number of carbonyl (C=O) groups is 1. The van der Waals surface area contributed by atoms with E-state index in [2.05, 4.69) is 12.1 Å². The predicted molar refractivity (Wildman–Crippen MR) is 70.7 cm³/mol. The van der Waals surface area contributed by atoms with Gasteiger partial charge in [0, 0.05) is 16.6 Å². The smallest absolute Gasteiger partial charge is 0.321 e. The van der Waals surface area contributed by atoms with Gasteiger partial charge < -0.3 is 10.8 Å². The summed E-state index contributed by atoms with van der Waals surface area (Å²) in [4.78, 5) is 10.4. The largest absolute Gasteiger partial charge is 0.480 e. The number of carboxylic acid groups (broad SMARTS) is 1. The van der Waals surface area contributed by atoms with Crippen LogP contribution >= 0.6 is 23.5 Å². The first-order valence-electron chi connectivity index (χ1n) is 4.88. The standard InChI is InChI=1S/C11H15NO2S2/c12-10(11(13)14)7-16-8-15-6-9-4-2-1-3-5-9/h1-5,10H,6-8,12H2,(H,13,14)/t10-/m0/s1. The monoisotopic (exact) mass is 257 g/mol. The van der Waals surface area contributed by atoms with Gasteiger partial charge in [0.05, 0.1) is 0 Å². The van der Waals surface area contributed by atoms with Crippen LogP contribution in [0.4, 0.5) is 0 Å². The lowest BCUT2D eigenvalue weighted by Crippen LogP contribution is -2.32. The molecular weight excluding hydrogens is 242 g/mol. The maximum absolute atomic E-state index is 10.4. The van der Waals surface area contributed by atoms with Gasteiger partial charge in [-0.1, -0.05) is 30.3 Å². The van der Waals surface area contributed by atoms with Crippen LogP contribution in [-0.4, -0.2) is 28.0 Å². The number of rotatable bonds is 7. The van der Waals surface area contributed by atoms with Gasteiger partial charge in [0.2, 0.25) is 0 Å². The van der Waals surface area contributed by atoms with Crippen LogP contribution in [0, 0.1) is 0 Å². The second kappa shape index (κ2) is 7.60. The van der Waals surface area contributed by atoms with E-state index in [-0.39, 0.29) is 0 Å². The van der Waals surface area contributed by atoms with E-state index in [1.807, 2.05) is 18.2 Å². The van der Waals surface area contributed by atoms with Crippen molar-refractivity contribution in [3.05, 3.63) is 35.9 Å². The molecule has 0 saturated heterocycles. The van der Waals surface area contributed by atoms with Gasteiger partial charge in [-0.05, 0) is 5.56 Å². The van der Waals surface area contributed by atoms with E-state index >= 15 is 0 Å². The van der Waals surface area contributed by atoms with E-state index in [0.29, 0.717) is 5.75 Å². The maximum atomic E-state index is 10.4. The minimum Gasteiger partial charge on any atom is -0.480 e. The van der Waals surface area contributed by atoms with Crippen molar-refractivity contribution in [2.45, 2.75) is 11.8 Å². The second-order valence-corrected chi connectivity index (χ2v) is 5.65. The van der Waals surface area contributed by atoms with Gasteiger partial charge in [-0.2, -0.15) is 0 Å². The Balaban J connectivity index is 2.07. The molecule has 0 spiro atoms. The number of hydrogen-bond acceptors (Lipinski definition) is 4. The number of carboxylic acids is 1. The van der Waals surface area contributed by atoms with Crippen molar-refractivity contribution in [1.82, 2.24) is 0 Å². The molecule has 0 aliphatic carbocycles. The first kappa shape index (κ1) is 13.4. The molecule has 1 aromatic rings. The van der Waals surface area contributed by atoms with E-state index in [4.69, 9.17) is 10.8 Å². The summed E-state index contributed by atoms with van der Waals surface area (Å²) in [5.41, 5.74) is 6.67. The van der Waals surface area contributed by atoms with Crippen LogP contribution < -0.4 is 5.73 Å². The lowest BCUT2D eigenvalue weighted by atomic mass is 10.2. The van der Waals surface area contributed by atoms with E-state index in [1.54, 1.807) is 23.5 Å². The summed E-state index contributed by atoms with van der Waals surface area (Å²) >= 11 is 3.34. The molecule has 1 rings (SSSR count). The van der Waals surface area contributed by atoms with Crippen molar-refractivity contribution in [3.63, 3.8) is 0 Å². The topological polar surface area (TPSA) is 63.3 Å². The van der Waals surface area contributed by atoms with Crippen LogP contribution in [0.25, 0.3) is 0 Å². The summed E-state index contributed by atoms with van der Waals surface area (Å²) in [6.45, 7) is 0. The Morgan fingerprint density at radius 2 is 2.00 bits per heavy atom. The number of thioether (sulfide) groups is 2. The molecule has 3 nitrogen and oxygen atoms in total. The van der Waals surface area contributed by atoms with Gasteiger partial charge in [-0.15, -0.1) is 23.5 Å². The highest BCUT2D eigenvalue weighted by atomic mass is 32.2. The molecule has 0 aromatic heterocycles. The molecule has 0 saturated carbocycles. The number of hydrogen-bond donors (Lipinski definition) is 2. The molecule has 0 bridgehead atoms. The molecule has 0 unspecified atom stereocenters. The lowest BCUT2D eigenvalue weighted by molar-refractivity contribution is -0.137. The third kappa shape index (κ3) is 5.44. The highest BCUT2D eigenvalue weighted by Gasteiger charge is 2.10. The van der Waals surface area contributed by atoms with Gasteiger partial charge in [0.25, 0.3) is 0 Å². The zero-order chi connectivity index (χ0) is 11.8. The van der Waals surface area contributed by atoms with Crippen molar-refractivity contribution in [2.75, 3.05) is 10.8 Å². The predicted octanol–water partition coefficient (Wildman–Crippen LogP) is 2.02. The maximum Gasteiger partial charge on any atom is 0.321 e. The number of benzene rings is 1. The summed E-state index contributed by atoms with van der Waals surface area (Å²) in [6, 6.07) is 9.45. The van der Waals surface area contributed by atoms with Crippen LogP contribution in [0.2, 0.25) is 0 Å². The summed E-state index contributed by atoms with van der Waals surface area (Å²) in [6.07, 6.45) is 0. The SMILES string of the molecule is N[C@@H](CSCSCc1ccccc1)C(=O)O. The zero-order valence-electron chi connectivity index (χ0n) is 8.83. The fraction of sp³-hybridized carbons (Fsp3) is 0.364. The molecular formula is C11H15NO2S2. The van der Waals surface area contributed by atoms with Gasteiger partial charge in [0.15, 0.2) is 0 Å². The first-order valence-corrected chi connectivity index (χ1v) is 7.19. The lowest BCUT2D eigenvalue weighted by Gasteiger charge is -2.05.